The molecule has 418 valence electrons. The molecule has 0 spiro atoms. The number of ether oxygens (including phenoxy) is 4. The van der Waals surface area contributed by atoms with Crippen LogP contribution in [0, 0.1) is 5.92 Å². The number of aromatic amines is 2. The monoisotopic (exact) mass is 1180 g/mol. The summed E-state index contributed by atoms with van der Waals surface area (Å²) >= 11 is 5.57. The molecule has 13 N–H and O–H groups in total. The zero-order chi connectivity index (χ0) is 55.6. The van der Waals surface area contributed by atoms with Gasteiger partial charge < -0.3 is 74.7 Å². The molecular weight excluding hydrogens is 1130 g/mol. The molecule has 3 fully saturated rings. The lowest BCUT2D eigenvalue weighted by Crippen LogP contribution is -2.45. The fourth-order valence-electron chi connectivity index (χ4n) is 8.71. The minimum atomic E-state index is -6.21. The second-order valence-electron chi connectivity index (χ2n) is 17.4. The molecule has 3 aliphatic heterocycles. The number of nitrogen functional groups attached to an aromatic ring is 2. The predicted octanol–water partition coefficient (Wildman–Crippen LogP) is -3.96. The maximum atomic E-state index is 13.4. The van der Waals surface area contributed by atoms with Gasteiger partial charge in [-0.05, 0) is 11.8 Å². The summed E-state index contributed by atoms with van der Waals surface area (Å²) in [4.78, 5) is 115. The summed E-state index contributed by atoms with van der Waals surface area (Å²) < 4.78 is 92.2. The molecule has 0 bridgehead atoms. The van der Waals surface area contributed by atoms with Crippen molar-refractivity contribution in [2.75, 3.05) is 52.5 Å². The number of aliphatic hydroxyl groups is 3. The number of imidazole rings is 2. The lowest BCUT2D eigenvalue weighted by atomic mass is 9.94. The zero-order valence-electron chi connectivity index (χ0n) is 39.7. The van der Waals surface area contributed by atoms with Gasteiger partial charge in [0.1, 0.15) is 42.4 Å². The van der Waals surface area contributed by atoms with Crippen molar-refractivity contribution in [2.45, 2.75) is 73.5 Å². The van der Waals surface area contributed by atoms with E-state index in [0.29, 0.717) is 0 Å². The number of carbonyl (C=O) groups excluding carboxylic acids is 1. The number of hydrogen-bond donors (Lipinski definition) is 11. The molecular formula is C35H50N13O23P4S+. The summed E-state index contributed by atoms with van der Waals surface area (Å²) in [5, 5.41) is 33.1. The topological polar surface area (TPSA) is 501 Å². The van der Waals surface area contributed by atoms with Crippen LogP contribution in [0.15, 0.2) is 45.6 Å². The first-order valence-electron chi connectivity index (χ1n) is 21.9. The number of fused-ring (bicyclic) bond motifs is 2. The fourth-order valence-corrected chi connectivity index (χ4v) is 14.9. The van der Waals surface area contributed by atoms with Crippen molar-refractivity contribution in [1.29, 1.82) is 0 Å². The average Bonchev–Trinajstić information content (AvgIpc) is 4.13. The smallest absolute Gasteiger partial charge is 0.387 e. The molecule has 8 rings (SSSR count). The Morgan fingerprint density at radius 3 is 2.14 bits per heavy atom. The normalized spacial score (nSPS) is 30.0. The maximum absolute atomic E-state index is 13.4. The van der Waals surface area contributed by atoms with E-state index in [0.717, 1.165) is 30.3 Å². The van der Waals surface area contributed by atoms with Crippen molar-refractivity contribution in [3.8, 4) is 0 Å². The van der Waals surface area contributed by atoms with Crippen LogP contribution in [0.1, 0.15) is 25.1 Å². The summed E-state index contributed by atoms with van der Waals surface area (Å²) in [6.45, 7) is -7.51. The Labute approximate surface area is 429 Å². The van der Waals surface area contributed by atoms with Gasteiger partial charge in [0.05, 0.1) is 51.1 Å². The summed E-state index contributed by atoms with van der Waals surface area (Å²) in [5.74, 6) is -2.13. The van der Waals surface area contributed by atoms with E-state index in [9.17, 15) is 67.8 Å². The standard InChI is InChI=1S/C35H49N13O23P4S/c1-44(2)19(50)7-14-15(67-31(22(14)51)48-13-45(3)21-29(48)42-34(37)43-30(21)54)8-65-73(57,58)70-75(61,62)71-74(59,60)66-10-17-26(25(63-4)33(69-17)47-12-40-20-27(36)38-11-39-28(20)47)72(56,76)64-9-16-23(52)24(53)32(68-16)46-6-5-18(49)41-35(46)55/h5-6,11-17,22-26,31-33,51-53H,7-10H2,1-4H3,(H9-,36,37,38,39,41,42,43,49,54,55,56,57,58,59,60,61,62,76)/p+1/t14-,15-,16-,17-,22-,23-,24-,25-,26-,31-,32-,33-,72?/m1/s1. The second-order valence-corrected chi connectivity index (χ2v) is 25.6. The number of carbonyl (C=O) groups is 1. The van der Waals surface area contributed by atoms with Crippen LogP contribution in [-0.2, 0) is 78.5 Å². The number of nitrogens with zero attached hydrogens (tertiary/aromatic N) is 9. The molecule has 1 amide bonds. The molecule has 4 unspecified atom stereocenters. The van der Waals surface area contributed by atoms with E-state index in [1.54, 1.807) is 0 Å². The Balaban J connectivity index is 0.969. The molecule has 41 heteroatoms. The van der Waals surface area contributed by atoms with Crippen molar-refractivity contribution in [2.24, 2.45) is 13.0 Å². The van der Waals surface area contributed by atoms with Gasteiger partial charge in [-0.3, -0.25) is 47.1 Å². The number of nitrogens with one attached hydrogen (secondary N) is 2. The van der Waals surface area contributed by atoms with Crippen molar-refractivity contribution in [1.82, 2.24) is 48.5 Å². The van der Waals surface area contributed by atoms with Crippen LogP contribution in [0.2, 0.25) is 0 Å². The number of aromatic nitrogens is 10. The van der Waals surface area contributed by atoms with E-state index in [1.807, 2.05) is 4.98 Å². The van der Waals surface area contributed by atoms with Crippen LogP contribution in [-0.4, -0.2) is 179 Å². The second kappa shape index (κ2) is 21.9. The highest BCUT2D eigenvalue weighted by atomic mass is 32.5. The van der Waals surface area contributed by atoms with Gasteiger partial charge in [0.2, 0.25) is 17.7 Å². The van der Waals surface area contributed by atoms with Crippen LogP contribution in [0.4, 0.5) is 11.8 Å². The molecule has 76 heavy (non-hydrogen) atoms. The molecule has 5 aromatic rings. The summed E-state index contributed by atoms with van der Waals surface area (Å²) in [7, 11) is -12.6. The molecule has 0 radical (unpaired) electrons. The Hall–Kier alpha value is -4.65. The average molecular weight is 1180 g/mol. The van der Waals surface area contributed by atoms with Crippen molar-refractivity contribution in [3.05, 3.63) is 62.4 Å². The van der Waals surface area contributed by atoms with Crippen LogP contribution in [0.25, 0.3) is 22.3 Å². The summed E-state index contributed by atoms with van der Waals surface area (Å²) in [5.41, 5.74) is 7.75. The van der Waals surface area contributed by atoms with E-state index in [-0.39, 0.29) is 34.1 Å². The number of methoxy groups -OCH3 is 1. The quantitative estimate of drug-likeness (QED) is 0.0262. The molecule has 36 nitrogen and oxygen atoms in total. The highest BCUT2D eigenvalue weighted by Gasteiger charge is 2.56. The molecule has 3 saturated heterocycles. The Morgan fingerprint density at radius 1 is 0.855 bits per heavy atom. The highest BCUT2D eigenvalue weighted by molar-refractivity contribution is 8.09. The van der Waals surface area contributed by atoms with Gasteiger partial charge in [0.25, 0.3) is 17.1 Å². The molecule has 8 heterocycles. The minimum absolute atomic E-state index is 0.000924. The molecule has 5 aromatic heterocycles. The van der Waals surface area contributed by atoms with Crippen molar-refractivity contribution >= 4 is 81.8 Å². The van der Waals surface area contributed by atoms with Gasteiger partial charge in [-0.25, -0.2) is 38.0 Å². The first-order chi connectivity index (χ1) is 35.5. The van der Waals surface area contributed by atoms with Gasteiger partial charge >= 0.3 is 34.8 Å². The molecule has 16 atom stereocenters. The number of nitrogens with two attached hydrogens (primary N) is 2. The number of aryl methyl sites for hydroxylation is 1. The lowest BCUT2D eigenvalue weighted by Gasteiger charge is -2.31. The fraction of sp³-hybridized carbons (Fsp3) is 0.571. The number of aliphatic hydroxyl groups excluding tert-OH is 3. The number of phosphoric ester groups is 2. The van der Waals surface area contributed by atoms with Gasteiger partial charge in [-0.15, -0.1) is 0 Å². The van der Waals surface area contributed by atoms with E-state index in [4.69, 9.17) is 55.8 Å². The van der Waals surface area contributed by atoms with E-state index >= 15 is 0 Å². The minimum Gasteiger partial charge on any atom is -0.387 e. The third kappa shape index (κ3) is 11.8. The van der Waals surface area contributed by atoms with Crippen LogP contribution in [0.5, 0.6) is 0 Å². The Morgan fingerprint density at radius 2 is 1.50 bits per heavy atom. The number of phosphoric acid groups is 3. The largest absolute Gasteiger partial charge is 0.490 e. The summed E-state index contributed by atoms with van der Waals surface area (Å²) in [6, 6.07) is 0.955. The predicted molar refractivity (Wildman–Crippen MR) is 254 cm³/mol. The lowest BCUT2D eigenvalue weighted by molar-refractivity contribution is -0.745. The van der Waals surface area contributed by atoms with Gasteiger partial charge in [0, 0.05) is 45.8 Å². The summed E-state index contributed by atoms with van der Waals surface area (Å²) in [6.07, 6.45) is -11.5. The Bertz CT molecular complexity index is 3400. The van der Waals surface area contributed by atoms with Gasteiger partial charge in [-0.1, -0.05) is 4.98 Å². The number of amides is 1. The van der Waals surface area contributed by atoms with Gasteiger partial charge in [-0.2, -0.15) is 8.62 Å². The van der Waals surface area contributed by atoms with E-state index in [2.05, 4.69) is 33.5 Å². The van der Waals surface area contributed by atoms with E-state index in [1.165, 1.54) is 52.4 Å². The first kappa shape index (κ1) is 57.5. The van der Waals surface area contributed by atoms with E-state index < -0.39 is 152 Å². The van der Waals surface area contributed by atoms with Crippen LogP contribution >= 0.6 is 30.0 Å². The molecule has 3 aliphatic rings. The number of H-pyrrole nitrogens is 2. The zero-order valence-corrected chi connectivity index (χ0v) is 44.1. The van der Waals surface area contributed by atoms with Crippen LogP contribution in [0.3, 0.4) is 0 Å². The number of hydrogen-bond acceptors (Lipinski definition) is 26. The molecule has 0 saturated carbocycles. The maximum Gasteiger partial charge on any atom is 0.490 e. The highest BCUT2D eigenvalue weighted by Crippen LogP contribution is 2.68. The van der Waals surface area contributed by atoms with Crippen molar-refractivity contribution in [3.63, 3.8) is 0 Å². The van der Waals surface area contributed by atoms with Gasteiger partial charge in [0.15, 0.2) is 36.7 Å². The third-order valence-corrected chi connectivity index (χ3v) is 19.4. The van der Waals surface area contributed by atoms with Crippen LogP contribution < -0.4 is 32.8 Å². The Kier molecular flexibility index (Phi) is 16.6. The molecule has 0 aliphatic carbocycles. The third-order valence-electron chi connectivity index (χ3n) is 12.2. The first-order valence-corrected chi connectivity index (χ1v) is 29.2. The van der Waals surface area contributed by atoms with Crippen molar-refractivity contribution < 1.29 is 99.1 Å². The SMILES string of the molecule is CO[C@@H]1[C@H](P(O)(=S)OC[C@H]2O[C@@H](n3ccc(=O)[nH]c3=O)[C@H](O)[C@@H]2O)[C@@H](COP(=O)(O)OP(=O)(O)OP(=O)(O)OC[C@H]2O[C@@H]([n+]3cn(C)c4c(=O)[nH]c(N)nc43)[C@H](O)[C@@H]2CC(=O)N(C)C)O[C@H]1n1cnc2c(N)ncnc21. The number of rotatable bonds is 20. The number of anilines is 2. The molecule has 0 aromatic carbocycles.